The highest BCUT2D eigenvalue weighted by Crippen LogP contribution is 2.46. The largest absolute Gasteiger partial charge is 0.488 e. The Bertz CT molecular complexity index is 6220. The van der Waals surface area contributed by atoms with Crippen molar-refractivity contribution in [2.75, 3.05) is 23.0 Å². The van der Waals surface area contributed by atoms with Gasteiger partial charge in [0.1, 0.15) is 72.7 Å². The van der Waals surface area contributed by atoms with Crippen molar-refractivity contribution in [1.82, 2.24) is 19.9 Å². The molecule has 0 fully saturated rings. The molecule has 4 aromatic heterocycles. The summed E-state index contributed by atoms with van der Waals surface area (Å²) in [6.07, 6.45) is 11.7. The lowest BCUT2D eigenvalue weighted by atomic mass is 9.80. The zero-order valence-electron chi connectivity index (χ0n) is 66.6. The van der Waals surface area contributed by atoms with Crippen molar-refractivity contribution in [3.8, 4) is 34.8 Å². The Labute approximate surface area is 702 Å². The Balaban J connectivity index is 0.000000160. The van der Waals surface area contributed by atoms with E-state index >= 15 is 0 Å². The number of anilines is 2. The zero-order valence-corrected chi connectivity index (χ0v) is 69.0. The number of aromatic nitrogens is 4. The van der Waals surface area contributed by atoms with E-state index < -0.39 is 36.0 Å². The molecule has 0 unspecified atom stereocenters. The second-order valence-electron chi connectivity index (χ2n) is 27.0. The first kappa shape index (κ1) is 90.0. The zero-order chi connectivity index (χ0) is 87.1. The van der Waals surface area contributed by atoms with Crippen molar-refractivity contribution in [3.05, 3.63) is 371 Å². The van der Waals surface area contributed by atoms with Gasteiger partial charge in [0, 0.05) is 135 Å². The molecule has 7 heterocycles. The average molecular weight is 1700 g/mol. The lowest BCUT2D eigenvalue weighted by Crippen LogP contribution is -2.29. The van der Waals surface area contributed by atoms with Gasteiger partial charge in [0.15, 0.2) is 0 Å². The second kappa shape index (κ2) is 41.8. The van der Waals surface area contributed by atoms with Crippen LogP contribution in [0.1, 0.15) is 137 Å². The van der Waals surface area contributed by atoms with E-state index in [1.807, 2.05) is 119 Å². The highest BCUT2D eigenvalue weighted by atomic mass is 35.7. The smallest absolute Gasteiger partial charge is 0.487 e. The van der Waals surface area contributed by atoms with Gasteiger partial charge in [-0.25, -0.2) is 34.4 Å². The molecule has 0 saturated heterocycles. The van der Waals surface area contributed by atoms with Crippen LogP contribution in [0.4, 0.5) is 40.3 Å². The normalized spacial score (nSPS) is 13.2. The molecule has 0 aliphatic carbocycles. The van der Waals surface area contributed by atoms with Gasteiger partial charge in [0.2, 0.25) is 19.1 Å². The summed E-state index contributed by atoms with van der Waals surface area (Å²) in [6.45, 7) is 11.1. The van der Waals surface area contributed by atoms with E-state index in [0.29, 0.717) is 66.0 Å². The summed E-state index contributed by atoms with van der Waals surface area (Å²) in [7, 11) is -3.75. The molecule has 12 aromatic rings. The van der Waals surface area contributed by atoms with Crippen LogP contribution in [0.3, 0.4) is 0 Å². The highest BCUT2D eigenvalue weighted by Gasteiger charge is 2.29. The van der Waals surface area contributed by atoms with E-state index in [9.17, 15) is 54.6 Å². The maximum Gasteiger partial charge on any atom is 0.488 e. The molecule has 0 radical (unpaired) electrons. The summed E-state index contributed by atoms with van der Waals surface area (Å²) in [5.41, 5.74) is 25.8. The fraction of sp³-hybridized carbons (Fsp3) is 0.165. The summed E-state index contributed by atoms with van der Waals surface area (Å²) in [6, 6.07) is 60.3. The Morgan fingerprint density at radius 2 is 0.926 bits per heavy atom. The van der Waals surface area contributed by atoms with Crippen molar-refractivity contribution < 1.29 is 73.2 Å². The standard InChI is InChI=1S/C23H21FN2O3S.C22H17FN2O3.C22H19FN2O.C17H16FNO.C6H6BNO4.CH3ClO2S/c1-3-18(15-6-4-7-17(12-15)26-30(2,27)28)23-19-8-5-11-25-21(19)14-29-22-13-16(24)9-10-20(22)23;1-2-17(14-5-3-6-16(11-14)25(26)27)22-18-7-4-10-24-20(18)13-28-21-12-15(23)8-9-19(21)22;1-2-17(14-5-3-6-16(24)11-14)22-18-7-4-10-25-20(18)13-26-21-12-15(23)8-9-19(21)22;1-3-4-7-14-8-9-15(18)11-17(14)20-12-16-13(2)6-5-10-19-16;9-7(10)5-2-1-3-6(4-5)8(11)12;1-5(2,3)4/h4-13,26H,3,14H2,1-2H3;3-12H,2,13H2,1H3;3-12H,2,13,24H2,1H3;5-6,8-11H,3,12H2,1-2H3;1-4,9-10H;1H3/b23-18+;2*22-17+;;;. The van der Waals surface area contributed by atoms with Crippen LogP contribution in [0, 0.1) is 62.3 Å². The number of nitro groups is 2. The number of nitro benzene ring substituents is 2. The number of ether oxygens (including phenoxy) is 4. The third kappa shape index (κ3) is 24.6. The summed E-state index contributed by atoms with van der Waals surface area (Å²) in [4.78, 5) is 38.1. The quantitative estimate of drug-likeness (QED) is 0.0149. The van der Waals surface area contributed by atoms with Crippen molar-refractivity contribution in [2.45, 2.75) is 86.7 Å². The Morgan fingerprint density at radius 1 is 0.521 bits per heavy atom. The Kier molecular flexibility index (Phi) is 31.1. The molecular weight excluding hydrogens is 1620 g/mol. The molecule has 121 heavy (non-hydrogen) atoms. The van der Waals surface area contributed by atoms with Gasteiger partial charge in [-0.2, -0.15) is 0 Å². The Morgan fingerprint density at radius 3 is 1.36 bits per heavy atom. The molecule has 3 aliphatic heterocycles. The third-order valence-corrected chi connectivity index (χ3v) is 19.1. The van der Waals surface area contributed by atoms with Gasteiger partial charge < -0.3 is 34.7 Å². The number of pyridine rings is 4. The first-order valence-corrected chi connectivity index (χ1v) is 42.3. The monoisotopic (exact) mass is 1700 g/mol. The van der Waals surface area contributed by atoms with Gasteiger partial charge in [-0.05, 0) is 184 Å². The highest BCUT2D eigenvalue weighted by molar-refractivity contribution is 8.13. The van der Waals surface area contributed by atoms with Gasteiger partial charge in [-0.1, -0.05) is 112 Å². The van der Waals surface area contributed by atoms with E-state index in [2.05, 4.69) is 54.1 Å². The maximum atomic E-state index is 13.9. The number of allylic oxidation sites excluding steroid dienone is 3. The number of hydrogen-bond donors (Lipinski definition) is 4. The van der Waals surface area contributed by atoms with Crippen LogP contribution < -0.4 is 34.9 Å². The number of nitrogens with zero attached hydrogens (tertiary/aromatic N) is 6. The van der Waals surface area contributed by atoms with Crippen LogP contribution >= 0.6 is 10.7 Å². The minimum Gasteiger partial charge on any atom is -0.487 e. The van der Waals surface area contributed by atoms with Crippen LogP contribution in [0.2, 0.25) is 0 Å². The minimum absolute atomic E-state index is 0.0275. The molecule has 5 N–H and O–H groups in total. The number of rotatable bonds is 14. The Hall–Kier alpha value is -13.4. The molecule has 22 nitrogen and oxygen atoms in total. The number of nitrogens with one attached hydrogen (secondary N) is 1. The lowest BCUT2D eigenvalue weighted by molar-refractivity contribution is -0.385. The number of nitrogens with two attached hydrogens (primary N) is 1. The number of fused-ring (bicyclic) bond motifs is 6. The van der Waals surface area contributed by atoms with Gasteiger partial charge in [0.05, 0.1) is 50.7 Å². The van der Waals surface area contributed by atoms with Crippen molar-refractivity contribution in [1.29, 1.82) is 0 Å². The van der Waals surface area contributed by atoms with E-state index in [1.54, 1.807) is 73.3 Å². The van der Waals surface area contributed by atoms with Crippen molar-refractivity contribution in [3.63, 3.8) is 0 Å². The van der Waals surface area contributed by atoms with Gasteiger partial charge in [0.25, 0.3) is 11.4 Å². The van der Waals surface area contributed by atoms with E-state index in [4.69, 9.17) is 34.7 Å². The fourth-order valence-electron chi connectivity index (χ4n) is 13.3. The first-order chi connectivity index (χ1) is 57.9. The molecule has 3 aliphatic rings. The molecular formula is C91H82BClF4N8O14S2. The summed E-state index contributed by atoms with van der Waals surface area (Å²) in [5.74, 6) is 6.42. The SMILES string of the molecule is CC/C(=C1\c2ccc(F)cc2OCc2ncccc21)c1cccc(N)c1.CC/C(=C1\c2ccc(F)cc2OCc2ncccc21)c1cccc(NS(C)(=O)=O)c1.CC/C(=C1\c2ccc(F)cc2OCc2ncccc21)c1cccc([N+](=O)[O-])c1.CCC#Cc1ccc(F)cc1OCc1ncccc1C.CS(=O)(=O)Cl.O=[N+]([O-])c1cccc(B(O)O)c1. The topological polar surface area (TPSA) is 322 Å². The molecule has 0 saturated carbocycles. The predicted octanol–water partition coefficient (Wildman–Crippen LogP) is 18.6. The molecule has 0 amide bonds. The van der Waals surface area contributed by atoms with Crippen LogP contribution in [0.25, 0.3) is 33.4 Å². The fourth-order valence-corrected chi connectivity index (χ4v) is 13.8. The summed E-state index contributed by atoms with van der Waals surface area (Å²) < 4.78 is 123. The molecule has 30 heteroatoms. The molecule has 0 spiro atoms. The average Bonchev–Trinajstić information content (AvgIpc) is 1.74. The number of halogens is 5. The molecule has 0 bridgehead atoms. The second-order valence-corrected chi connectivity index (χ2v) is 31.8. The number of benzene rings is 8. The lowest BCUT2D eigenvalue weighted by Gasteiger charge is -2.17. The number of sulfonamides is 1. The van der Waals surface area contributed by atoms with Crippen LogP contribution in [0.5, 0.6) is 23.0 Å². The van der Waals surface area contributed by atoms with E-state index in [1.165, 1.54) is 72.8 Å². The van der Waals surface area contributed by atoms with E-state index in [-0.39, 0.29) is 53.3 Å². The predicted molar refractivity (Wildman–Crippen MR) is 463 cm³/mol. The van der Waals surface area contributed by atoms with Crippen LogP contribution in [-0.4, -0.2) is 76.3 Å². The number of aryl methyl sites for hydroxylation is 1. The van der Waals surface area contributed by atoms with E-state index in [0.717, 1.165) is 143 Å². The molecule has 620 valence electrons. The summed E-state index contributed by atoms with van der Waals surface area (Å²) in [5, 5.41) is 38.8. The van der Waals surface area contributed by atoms with Crippen molar-refractivity contribution in [2.24, 2.45) is 0 Å². The molecule has 15 rings (SSSR count). The van der Waals surface area contributed by atoms with Gasteiger partial charge in [-0.15, -0.1) is 0 Å². The van der Waals surface area contributed by atoms with Crippen LogP contribution in [0.15, 0.2) is 243 Å². The third-order valence-electron chi connectivity index (χ3n) is 18.5. The molecule has 0 atom stereocenters. The molecule has 8 aromatic carbocycles. The van der Waals surface area contributed by atoms with Gasteiger partial charge >= 0.3 is 7.12 Å². The number of hydrogen-bond acceptors (Lipinski definition) is 19. The van der Waals surface area contributed by atoms with Gasteiger partial charge in [-0.3, -0.25) is 44.9 Å². The maximum absolute atomic E-state index is 13.9. The number of nitrogen functional groups attached to an aromatic ring is 1. The van der Waals surface area contributed by atoms with Crippen molar-refractivity contribution >= 4 is 98.5 Å². The van der Waals surface area contributed by atoms with Crippen LogP contribution in [-0.2, 0) is 45.5 Å². The number of non-ortho nitro benzene ring substituents is 2. The summed E-state index contributed by atoms with van der Waals surface area (Å²) >= 11 is 0. The minimum atomic E-state index is -3.40. The first-order valence-electron chi connectivity index (χ1n) is 37.7.